The molecule has 11 heteroatoms. The van der Waals surface area contributed by atoms with Gasteiger partial charge >= 0.3 is 12.1 Å². The number of alkyl halides is 3. The third-order valence-corrected chi connectivity index (χ3v) is 5.29. The predicted molar refractivity (Wildman–Crippen MR) is 89.9 cm³/mol. The van der Waals surface area contributed by atoms with Crippen LogP contribution < -0.4 is 0 Å². The van der Waals surface area contributed by atoms with E-state index >= 15 is 0 Å². The smallest absolute Gasteiger partial charge is 0.330 e. The molecular weight excluding hydrogens is 399 g/mol. The van der Waals surface area contributed by atoms with E-state index in [4.69, 9.17) is 11.6 Å². The number of rotatable bonds is 1. The summed E-state index contributed by atoms with van der Waals surface area (Å²) in [5.41, 5.74) is 1.54. The van der Waals surface area contributed by atoms with Crippen molar-refractivity contribution in [3.05, 3.63) is 46.7 Å². The summed E-state index contributed by atoms with van der Waals surface area (Å²) in [7, 11) is 0. The molecule has 2 aliphatic heterocycles. The van der Waals surface area contributed by atoms with Crippen LogP contribution in [0.2, 0.25) is 5.02 Å². The van der Waals surface area contributed by atoms with Gasteiger partial charge in [-0.2, -0.15) is 18.2 Å². The minimum absolute atomic E-state index is 0.150. The number of halogens is 4. The van der Waals surface area contributed by atoms with Gasteiger partial charge in [0.15, 0.2) is 0 Å². The van der Waals surface area contributed by atoms with Gasteiger partial charge in [-0.1, -0.05) is 22.8 Å². The first-order chi connectivity index (χ1) is 13.4. The van der Waals surface area contributed by atoms with Crippen molar-refractivity contribution in [3.8, 4) is 17.2 Å². The molecule has 28 heavy (non-hydrogen) atoms. The van der Waals surface area contributed by atoms with E-state index in [0.717, 1.165) is 6.42 Å². The number of benzene rings is 1. The molecule has 2 aliphatic rings. The van der Waals surface area contributed by atoms with Gasteiger partial charge in [0, 0.05) is 6.54 Å². The van der Waals surface area contributed by atoms with Crippen LogP contribution >= 0.6 is 11.6 Å². The minimum atomic E-state index is -4.75. The first kappa shape index (κ1) is 17.2. The molecule has 0 unspecified atom stereocenters. The molecule has 3 aromatic rings. The lowest BCUT2D eigenvalue weighted by Gasteiger charge is -2.22. The van der Waals surface area contributed by atoms with Crippen molar-refractivity contribution in [2.75, 3.05) is 6.54 Å². The highest BCUT2D eigenvalue weighted by molar-refractivity contribution is 6.34. The lowest BCUT2D eigenvalue weighted by atomic mass is 10.1. The lowest BCUT2D eigenvalue weighted by Crippen LogP contribution is -2.30. The Kier molecular flexibility index (Phi) is 3.57. The topological polar surface area (TPSA) is 77.0 Å². The Bertz CT molecular complexity index is 1110. The zero-order chi connectivity index (χ0) is 19.6. The standard InChI is InChI=1S/C17H11ClF3N5O2/c18-8-3-1-4-9-11(8)15(27)25-6-2-5-10(25)13-12(22-7-26(9)13)14-23-16(28-24-14)17(19,20)21/h1,3-4,7,10H,2,5-6H2/t10-/m0/s1. The Balaban J connectivity index is 1.75. The van der Waals surface area contributed by atoms with Gasteiger partial charge in [0.1, 0.15) is 12.0 Å². The van der Waals surface area contributed by atoms with E-state index in [9.17, 15) is 18.0 Å². The zero-order valence-electron chi connectivity index (χ0n) is 14.1. The Morgan fingerprint density at radius 2 is 2.11 bits per heavy atom. The van der Waals surface area contributed by atoms with Gasteiger partial charge in [-0.05, 0) is 25.0 Å². The van der Waals surface area contributed by atoms with Crippen molar-refractivity contribution in [2.45, 2.75) is 25.1 Å². The molecule has 2 aromatic heterocycles. The van der Waals surface area contributed by atoms with Gasteiger partial charge in [0.25, 0.3) is 5.91 Å². The Hall–Kier alpha value is -2.88. The van der Waals surface area contributed by atoms with Crippen LogP contribution in [0.4, 0.5) is 13.2 Å². The van der Waals surface area contributed by atoms with E-state index in [1.54, 1.807) is 27.7 Å². The maximum atomic E-state index is 13.1. The number of hydrogen-bond donors (Lipinski definition) is 0. The van der Waals surface area contributed by atoms with Gasteiger partial charge in [0.2, 0.25) is 5.82 Å². The van der Waals surface area contributed by atoms with E-state index in [1.807, 2.05) is 0 Å². The highest BCUT2D eigenvalue weighted by atomic mass is 35.5. The highest BCUT2D eigenvalue weighted by Crippen LogP contribution is 2.43. The summed E-state index contributed by atoms with van der Waals surface area (Å²) in [5, 5.41) is 3.76. The van der Waals surface area contributed by atoms with Gasteiger partial charge < -0.3 is 9.42 Å². The summed E-state index contributed by atoms with van der Waals surface area (Å²) >= 11 is 6.30. The molecule has 7 nitrogen and oxygen atoms in total. The zero-order valence-corrected chi connectivity index (χ0v) is 14.8. The van der Waals surface area contributed by atoms with Gasteiger partial charge in [-0.3, -0.25) is 9.36 Å². The SMILES string of the molecule is O=C1c2c(Cl)cccc2-n2cnc(-c3noc(C(F)(F)F)n3)c2[C@@H]2CCCN12. The van der Waals surface area contributed by atoms with Crippen LogP contribution in [0.1, 0.15) is 40.8 Å². The van der Waals surface area contributed by atoms with Crippen LogP contribution in [0.5, 0.6) is 0 Å². The van der Waals surface area contributed by atoms with Crippen molar-refractivity contribution in [1.82, 2.24) is 24.6 Å². The van der Waals surface area contributed by atoms with Crippen molar-refractivity contribution >= 4 is 17.5 Å². The molecule has 0 aliphatic carbocycles. The monoisotopic (exact) mass is 409 g/mol. The van der Waals surface area contributed by atoms with E-state index in [2.05, 4.69) is 19.6 Å². The van der Waals surface area contributed by atoms with E-state index in [-0.39, 0.29) is 23.5 Å². The summed E-state index contributed by atoms with van der Waals surface area (Å²) in [5.74, 6) is -1.94. The van der Waals surface area contributed by atoms with Crippen molar-refractivity contribution in [2.24, 2.45) is 0 Å². The summed E-state index contributed by atoms with van der Waals surface area (Å²) in [6.07, 6.45) is -1.92. The van der Waals surface area contributed by atoms with Crippen molar-refractivity contribution in [3.63, 3.8) is 0 Å². The van der Waals surface area contributed by atoms with Crippen LogP contribution in [0.15, 0.2) is 29.0 Å². The molecule has 4 heterocycles. The third kappa shape index (κ3) is 2.37. The second-order valence-electron chi connectivity index (χ2n) is 6.56. The number of fused-ring (bicyclic) bond motifs is 5. The van der Waals surface area contributed by atoms with Crippen LogP contribution in [0, 0.1) is 0 Å². The van der Waals surface area contributed by atoms with Crippen LogP contribution in [0.3, 0.4) is 0 Å². The molecular formula is C17H11ClF3N5O2. The summed E-state index contributed by atoms with van der Waals surface area (Å²) < 4.78 is 44.6. The second-order valence-corrected chi connectivity index (χ2v) is 6.97. The van der Waals surface area contributed by atoms with E-state index in [1.165, 1.54) is 6.33 Å². The Morgan fingerprint density at radius 3 is 2.86 bits per heavy atom. The molecule has 1 saturated heterocycles. The summed E-state index contributed by atoms with van der Waals surface area (Å²) in [6, 6.07) is 4.67. The van der Waals surface area contributed by atoms with E-state index < -0.39 is 12.1 Å². The molecule has 0 radical (unpaired) electrons. The Morgan fingerprint density at radius 1 is 1.29 bits per heavy atom. The number of amides is 1. The first-order valence-corrected chi connectivity index (χ1v) is 8.82. The number of carbonyl (C=O) groups excluding carboxylic acids is 1. The van der Waals surface area contributed by atoms with Crippen LogP contribution in [-0.4, -0.2) is 37.0 Å². The van der Waals surface area contributed by atoms with Gasteiger partial charge in [-0.25, -0.2) is 4.98 Å². The first-order valence-electron chi connectivity index (χ1n) is 8.44. The normalized spacial score (nSPS) is 18.6. The average Bonchev–Trinajstić information content (AvgIpc) is 3.36. The van der Waals surface area contributed by atoms with Crippen LogP contribution in [0.25, 0.3) is 17.2 Å². The van der Waals surface area contributed by atoms with Gasteiger partial charge in [-0.15, -0.1) is 0 Å². The number of hydrogen-bond acceptors (Lipinski definition) is 5. The molecule has 1 amide bonds. The molecule has 1 atom stereocenters. The lowest BCUT2D eigenvalue weighted by molar-refractivity contribution is -0.159. The molecule has 1 fully saturated rings. The second kappa shape index (κ2) is 5.81. The number of aromatic nitrogens is 4. The number of imidazole rings is 1. The molecule has 144 valence electrons. The maximum absolute atomic E-state index is 13.1. The molecule has 5 rings (SSSR count). The maximum Gasteiger partial charge on any atom is 0.471 e. The fourth-order valence-electron chi connectivity index (χ4n) is 3.84. The fourth-order valence-corrected chi connectivity index (χ4v) is 4.09. The molecule has 0 N–H and O–H groups in total. The van der Waals surface area contributed by atoms with Gasteiger partial charge in [0.05, 0.1) is 28.0 Å². The van der Waals surface area contributed by atoms with Crippen molar-refractivity contribution in [1.29, 1.82) is 0 Å². The molecule has 1 aromatic carbocycles. The quantitative estimate of drug-likeness (QED) is 0.609. The molecule has 0 saturated carbocycles. The molecule has 0 bridgehead atoms. The average molecular weight is 410 g/mol. The largest absolute Gasteiger partial charge is 0.471 e. The van der Waals surface area contributed by atoms with E-state index in [0.29, 0.717) is 34.9 Å². The van der Waals surface area contributed by atoms with Crippen molar-refractivity contribution < 1.29 is 22.5 Å². The molecule has 0 spiro atoms. The fraction of sp³-hybridized carbons (Fsp3) is 0.294. The predicted octanol–water partition coefficient (Wildman–Crippen LogP) is 3.89. The number of nitrogens with zero attached hydrogens (tertiary/aromatic N) is 5. The minimum Gasteiger partial charge on any atom is -0.330 e. The number of carbonyl (C=O) groups is 1. The van der Waals surface area contributed by atoms with Crippen LogP contribution in [-0.2, 0) is 6.18 Å². The third-order valence-electron chi connectivity index (χ3n) is 4.98. The summed E-state index contributed by atoms with van der Waals surface area (Å²) in [4.78, 5) is 22.5. The Labute approximate surface area is 160 Å². The highest BCUT2D eigenvalue weighted by Gasteiger charge is 2.42. The summed E-state index contributed by atoms with van der Waals surface area (Å²) in [6.45, 7) is 0.513.